The van der Waals surface area contributed by atoms with Crippen LogP contribution in [0.4, 0.5) is 0 Å². The highest BCUT2D eigenvalue weighted by Gasteiger charge is 2.27. The summed E-state index contributed by atoms with van der Waals surface area (Å²) in [5.41, 5.74) is 1.42. The molecular weight excluding hydrogens is 392 g/mol. The van der Waals surface area contributed by atoms with E-state index in [9.17, 15) is 4.79 Å². The highest BCUT2D eigenvalue weighted by molar-refractivity contribution is 9.10. The van der Waals surface area contributed by atoms with E-state index in [0.717, 1.165) is 15.8 Å². The number of allylic oxidation sites excluding steroid dienone is 1. The maximum Gasteiger partial charge on any atom is 0.232 e. The van der Waals surface area contributed by atoms with Crippen molar-refractivity contribution in [2.24, 2.45) is 0 Å². The number of fused-ring (bicyclic) bond motifs is 1. The third kappa shape index (κ3) is 2.79. The van der Waals surface area contributed by atoms with E-state index in [4.69, 9.17) is 20.8 Å². The van der Waals surface area contributed by atoms with Crippen LogP contribution < -0.4 is 4.74 Å². The highest BCUT2D eigenvalue weighted by atomic mass is 79.9. The molecule has 0 bridgehead atoms. The summed E-state index contributed by atoms with van der Waals surface area (Å²) in [4.78, 5) is 12.4. The second kappa shape index (κ2) is 5.96. The molecule has 0 N–H and O–H groups in total. The summed E-state index contributed by atoms with van der Waals surface area (Å²) < 4.78 is 12.4. The molecule has 5 heteroatoms. The number of hydrogen-bond acceptors (Lipinski definition) is 3. The van der Waals surface area contributed by atoms with Gasteiger partial charge in [-0.1, -0.05) is 39.7 Å². The molecule has 2 heterocycles. The fraction of sp³-hybridized carbons (Fsp3) is 0. The summed E-state index contributed by atoms with van der Waals surface area (Å²) in [7, 11) is 0. The summed E-state index contributed by atoms with van der Waals surface area (Å²) >= 11 is 9.33. The Kier molecular flexibility index (Phi) is 3.79. The smallest absolute Gasteiger partial charge is 0.232 e. The predicted octanol–water partition coefficient (Wildman–Crippen LogP) is 5.98. The van der Waals surface area contributed by atoms with Gasteiger partial charge < -0.3 is 9.15 Å². The van der Waals surface area contributed by atoms with Crippen molar-refractivity contribution in [3.63, 3.8) is 0 Å². The van der Waals surface area contributed by atoms with Gasteiger partial charge >= 0.3 is 0 Å². The zero-order valence-electron chi connectivity index (χ0n) is 12.3. The number of benzene rings is 2. The van der Waals surface area contributed by atoms with Crippen molar-refractivity contribution in [3.8, 4) is 17.1 Å². The van der Waals surface area contributed by atoms with Crippen LogP contribution in [0, 0.1) is 0 Å². The molecule has 118 valence electrons. The molecular formula is C19H10BrClO3. The Morgan fingerprint density at radius 3 is 2.58 bits per heavy atom. The van der Waals surface area contributed by atoms with Crippen LogP contribution >= 0.6 is 27.5 Å². The molecule has 0 spiro atoms. The quantitative estimate of drug-likeness (QED) is 0.496. The maximum absolute atomic E-state index is 12.4. The minimum atomic E-state index is -0.200. The van der Waals surface area contributed by atoms with Gasteiger partial charge in [-0.05, 0) is 42.5 Å². The van der Waals surface area contributed by atoms with E-state index in [0.29, 0.717) is 22.1 Å². The Morgan fingerprint density at radius 2 is 1.79 bits per heavy atom. The number of Topliss-reactive ketones (excluding diaryl/α,β-unsaturated/α-hetero) is 1. The average molecular weight is 402 g/mol. The van der Waals surface area contributed by atoms with E-state index < -0.39 is 0 Å². The van der Waals surface area contributed by atoms with Crippen LogP contribution in [0.25, 0.3) is 17.4 Å². The first-order valence-electron chi connectivity index (χ1n) is 7.20. The standard InChI is InChI=1S/C19H10BrClO3/c20-12-3-1-11(2-4-12)16-8-6-14(23-16)10-18-19(22)15-9-13(21)5-7-17(15)24-18/h1-10H. The minimum absolute atomic E-state index is 0.200. The number of hydrogen-bond donors (Lipinski definition) is 0. The van der Waals surface area contributed by atoms with Crippen LogP contribution in [-0.4, -0.2) is 5.78 Å². The van der Waals surface area contributed by atoms with Gasteiger partial charge in [0.15, 0.2) is 5.76 Å². The van der Waals surface area contributed by atoms with Gasteiger partial charge in [0.25, 0.3) is 0 Å². The zero-order valence-corrected chi connectivity index (χ0v) is 14.6. The Hall–Kier alpha value is -2.30. The van der Waals surface area contributed by atoms with E-state index in [1.807, 2.05) is 30.3 Å². The number of rotatable bonds is 2. The van der Waals surface area contributed by atoms with Gasteiger partial charge in [-0.15, -0.1) is 0 Å². The summed E-state index contributed by atoms with van der Waals surface area (Å²) in [6.07, 6.45) is 1.60. The molecule has 1 aliphatic heterocycles. The van der Waals surface area contributed by atoms with Gasteiger partial charge in [0.05, 0.1) is 5.56 Å². The highest BCUT2D eigenvalue weighted by Crippen LogP contribution is 2.34. The minimum Gasteiger partial charge on any atom is -0.457 e. The number of ketones is 1. The third-order valence-corrected chi connectivity index (χ3v) is 4.42. The molecule has 2 aromatic carbocycles. The monoisotopic (exact) mass is 400 g/mol. The number of carbonyl (C=O) groups excluding carboxylic acids is 1. The molecule has 0 amide bonds. The summed E-state index contributed by atoms with van der Waals surface area (Å²) in [5, 5.41) is 0.502. The Morgan fingerprint density at radius 1 is 1.00 bits per heavy atom. The number of furan rings is 1. The normalized spacial score (nSPS) is 14.8. The SMILES string of the molecule is O=C1C(=Cc2ccc(-c3ccc(Br)cc3)o2)Oc2ccc(Cl)cc21. The summed E-state index contributed by atoms with van der Waals surface area (Å²) in [5.74, 6) is 1.81. The van der Waals surface area contributed by atoms with Crippen molar-refractivity contribution in [1.82, 2.24) is 0 Å². The van der Waals surface area contributed by atoms with Crippen molar-refractivity contribution in [2.75, 3.05) is 0 Å². The van der Waals surface area contributed by atoms with Crippen LogP contribution in [0.2, 0.25) is 5.02 Å². The Balaban J connectivity index is 1.63. The van der Waals surface area contributed by atoms with E-state index in [1.165, 1.54) is 0 Å². The Labute approximate surface area is 151 Å². The van der Waals surface area contributed by atoms with Gasteiger partial charge in [0, 0.05) is 21.1 Å². The van der Waals surface area contributed by atoms with Crippen LogP contribution in [0.3, 0.4) is 0 Å². The molecule has 0 unspecified atom stereocenters. The van der Waals surface area contributed by atoms with E-state index >= 15 is 0 Å². The molecule has 3 nitrogen and oxygen atoms in total. The van der Waals surface area contributed by atoms with Gasteiger partial charge in [-0.2, -0.15) is 0 Å². The molecule has 0 saturated carbocycles. The van der Waals surface area contributed by atoms with Crippen LogP contribution in [0.5, 0.6) is 5.75 Å². The van der Waals surface area contributed by atoms with Crippen LogP contribution in [-0.2, 0) is 0 Å². The Bertz CT molecular complexity index is 971. The van der Waals surface area contributed by atoms with Crippen LogP contribution in [0.15, 0.2) is 69.2 Å². The van der Waals surface area contributed by atoms with E-state index in [-0.39, 0.29) is 11.5 Å². The zero-order chi connectivity index (χ0) is 16.7. The fourth-order valence-electron chi connectivity index (χ4n) is 2.49. The van der Waals surface area contributed by atoms with Crippen molar-refractivity contribution in [2.45, 2.75) is 0 Å². The molecule has 0 saturated heterocycles. The maximum atomic E-state index is 12.4. The lowest BCUT2D eigenvalue weighted by Crippen LogP contribution is -1.97. The molecule has 24 heavy (non-hydrogen) atoms. The molecule has 1 aromatic heterocycles. The third-order valence-electron chi connectivity index (χ3n) is 3.66. The van der Waals surface area contributed by atoms with Crippen LogP contribution in [0.1, 0.15) is 16.1 Å². The molecule has 4 rings (SSSR count). The van der Waals surface area contributed by atoms with Gasteiger partial charge in [0.1, 0.15) is 17.3 Å². The van der Waals surface area contributed by atoms with Crippen molar-refractivity contribution >= 4 is 39.4 Å². The first kappa shape index (κ1) is 15.2. The average Bonchev–Trinajstić information content (AvgIpc) is 3.15. The van der Waals surface area contributed by atoms with Crippen molar-refractivity contribution in [3.05, 3.63) is 81.2 Å². The number of carbonyl (C=O) groups is 1. The first-order valence-corrected chi connectivity index (χ1v) is 8.37. The van der Waals surface area contributed by atoms with Gasteiger partial charge in [-0.25, -0.2) is 0 Å². The summed E-state index contributed by atoms with van der Waals surface area (Å²) in [6.45, 7) is 0. The lowest BCUT2D eigenvalue weighted by Gasteiger charge is -1.98. The number of ether oxygens (including phenoxy) is 1. The lowest BCUT2D eigenvalue weighted by molar-refractivity contribution is 0.101. The van der Waals surface area contributed by atoms with E-state index in [2.05, 4.69) is 15.9 Å². The number of halogens is 2. The molecule has 0 aliphatic carbocycles. The second-order valence-electron chi connectivity index (χ2n) is 5.29. The molecule has 3 aromatic rings. The second-order valence-corrected chi connectivity index (χ2v) is 6.64. The molecule has 0 fully saturated rings. The molecule has 0 radical (unpaired) electrons. The topological polar surface area (TPSA) is 39.4 Å². The van der Waals surface area contributed by atoms with Crippen molar-refractivity contribution < 1.29 is 13.9 Å². The fourth-order valence-corrected chi connectivity index (χ4v) is 2.93. The van der Waals surface area contributed by atoms with Gasteiger partial charge in [0.2, 0.25) is 5.78 Å². The molecule has 1 aliphatic rings. The largest absolute Gasteiger partial charge is 0.457 e. The van der Waals surface area contributed by atoms with Gasteiger partial charge in [-0.3, -0.25) is 4.79 Å². The van der Waals surface area contributed by atoms with Crippen molar-refractivity contribution in [1.29, 1.82) is 0 Å². The first-order chi connectivity index (χ1) is 11.6. The predicted molar refractivity (Wildman–Crippen MR) is 96.2 cm³/mol. The van der Waals surface area contributed by atoms with E-state index in [1.54, 1.807) is 30.3 Å². The summed E-state index contributed by atoms with van der Waals surface area (Å²) in [6, 6.07) is 16.4. The lowest BCUT2D eigenvalue weighted by atomic mass is 10.1. The molecule has 0 atom stereocenters.